The van der Waals surface area contributed by atoms with Gasteiger partial charge in [0.15, 0.2) is 5.69 Å². The number of hydrogen-bond donors (Lipinski definition) is 0. The number of hydrogen-bond acceptors (Lipinski definition) is 1. The van der Waals surface area contributed by atoms with Crippen molar-refractivity contribution in [3.8, 4) is 56.0 Å². The van der Waals surface area contributed by atoms with Crippen LogP contribution in [0.5, 0.6) is 11.5 Å². The lowest BCUT2D eigenvalue weighted by Gasteiger charge is -2.23. The predicted octanol–water partition coefficient (Wildman–Crippen LogP) is 13.6. The standard InChI is InChI=1S/C47H27NO/c1-48-30-23-21-29(22-24-30)45-38-14-4-6-16-40(38)46(41-17-7-5-15-39(41)45)42-26-25-33(31-11-2-3-12-32(31)42)34-27-28-44-47-36(34)18-10-19-37(47)35-13-8-9-20-43(35)49-44/h2-28H. The monoisotopic (exact) mass is 621 g/mol. The van der Waals surface area contributed by atoms with E-state index in [0.29, 0.717) is 5.69 Å². The number of rotatable bonds is 3. The Bertz CT molecular complexity index is 2800. The van der Waals surface area contributed by atoms with Crippen molar-refractivity contribution in [2.24, 2.45) is 0 Å². The number of para-hydroxylation sites is 1. The van der Waals surface area contributed by atoms with Gasteiger partial charge in [0.1, 0.15) is 11.5 Å². The third-order valence-corrected chi connectivity index (χ3v) is 10.1. The van der Waals surface area contributed by atoms with Crippen LogP contribution in [0.15, 0.2) is 164 Å². The molecule has 9 aromatic carbocycles. The summed E-state index contributed by atoms with van der Waals surface area (Å²) in [5.74, 6) is 1.80. The molecule has 2 heteroatoms. The van der Waals surface area contributed by atoms with Crippen LogP contribution in [0.1, 0.15) is 0 Å². The van der Waals surface area contributed by atoms with Gasteiger partial charge in [-0.15, -0.1) is 0 Å². The average molecular weight is 622 g/mol. The summed E-state index contributed by atoms with van der Waals surface area (Å²) in [6.45, 7) is 7.46. The van der Waals surface area contributed by atoms with Crippen molar-refractivity contribution in [2.45, 2.75) is 0 Å². The molecule has 0 fully saturated rings. The maximum atomic E-state index is 7.46. The number of nitrogens with zero attached hydrogens (tertiary/aromatic N) is 1. The quantitative estimate of drug-likeness (QED) is 0.141. The summed E-state index contributed by atoms with van der Waals surface area (Å²) in [6.07, 6.45) is 0. The van der Waals surface area contributed by atoms with Gasteiger partial charge in [-0.3, -0.25) is 0 Å². The molecule has 0 amide bonds. The maximum absolute atomic E-state index is 7.46. The highest BCUT2D eigenvalue weighted by Gasteiger charge is 2.23. The van der Waals surface area contributed by atoms with Crippen LogP contribution in [0.3, 0.4) is 0 Å². The van der Waals surface area contributed by atoms with Gasteiger partial charge < -0.3 is 4.74 Å². The fraction of sp³-hybridized carbons (Fsp3) is 0. The van der Waals surface area contributed by atoms with Gasteiger partial charge in [-0.25, -0.2) is 4.85 Å². The van der Waals surface area contributed by atoms with E-state index in [2.05, 4.69) is 144 Å². The third kappa shape index (κ3) is 4.07. The molecule has 0 radical (unpaired) electrons. The van der Waals surface area contributed by atoms with Crippen molar-refractivity contribution >= 4 is 48.8 Å². The van der Waals surface area contributed by atoms with Crippen LogP contribution in [0.4, 0.5) is 5.69 Å². The van der Waals surface area contributed by atoms with Gasteiger partial charge in [-0.1, -0.05) is 152 Å². The van der Waals surface area contributed by atoms with Crippen molar-refractivity contribution in [3.05, 3.63) is 175 Å². The molecule has 2 nitrogen and oxygen atoms in total. The minimum Gasteiger partial charge on any atom is -0.456 e. The zero-order valence-corrected chi connectivity index (χ0v) is 26.4. The van der Waals surface area contributed by atoms with E-state index < -0.39 is 0 Å². The molecule has 226 valence electrons. The van der Waals surface area contributed by atoms with Gasteiger partial charge in [0.05, 0.1) is 6.57 Å². The highest BCUT2D eigenvalue weighted by atomic mass is 16.5. The summed E-state index contributed by atoms with van der Waals surface area (Å²) >= 11 is 0. The zero-order chi connectivity index (χ0) is 32.5. The van der Waals surface area contributed by atoms with E-state index in [1.54, 1.807) is 0 Å². The highest BCUT2D eigenvalue weighted by Crippen LogP contribution is 2.50. The Hall–Kier alpha value is -6.69. The van der Waals surface area contributed by atoms with Gasteiger partial charge >= 0.3 is 0 Å². The van der Waals surface area contributed by atoms with E-state index in [4.69, 9.17) is 11.3 Å². The van der Waals surface area contributed by atoms with E-state index in [1.165, 1.54) is 71.1 Å². The zero-order valence-electron chi connectivity index (χ0n) is 26.4. The molecule has 0 saturated heterocycles. The molecule has 0 aliphatic carbocycles. The molecule has 1 heterocycles. The largest absolute Gasteiger partial charge is 0.456 e. The predicted molar refractivity (Wildman–Crippen MR) is 205 cm³/mol. The fourth-order valence-electron chi connectivity index (χ4n) is 8.00. The molecular weight excluding hydrogens is 595 g/mol. The highest BCUT2D eigenvalue weighted by molar-refractivity contribution is 6.24. The lowest BCUT2D eigenvalue weighted by Crippen LogP contribution is -1.98. The molecule has 0 bridgehead atoms. The Morgan fingerprint density at radius 2 is 0.857 bits per heavy atom. The fourth-order valence-corrected chi connectivity index (χ4v) is 8.00. The summed E-state index contributed by atoms with van der Waals surface area (Å²) in [5, 5.41) is 9.58. The van der Waals surface area contributed by atoms with Crippen LogP contribution in [0.25, 0.3) is 92.4 Å². The second-order valence-electron chi connectivity index (χ2n) is 12.6. The number of fused-ring (bicyclic) bond motifs is 5. The van der Waals surface area contributed by atoms with Crippen molar-refractivity contribution in [1.82, 2.24) is 0 Å². The van der Waals surface area contributed by atoms with E-state index in [-0.39, 0.29) is 0 Å². The van der Waals surface area contributed by atoms with Crippen LogP contribution in [0, 0.1) is 6.57 Å². The molecule has 0 aromatic heterocycles. The second-order valence-corrected chi connectivity index (χ2v) is 12.6. The Morgan fingerprint density at radius 1 is 0.347 bits per heavy atom. The Morgan fingerprint density at radius 3 is 1.55 bits per heavy atom. The molecule has 0 N–H and O–H groups in total. The lowest BCUT2D eigenvalue weighted by atomic mass is 9.83. The van der Waals surface area contributed by atoms with E-state index in [1.807, 2.05) is 24.3 Å². The molecule has 0 unspecified atom stereocenters. The second kappa shape index (κ2) is 10.7. The Labute approximate surface area is 283 Å². The molecule has 0 atom stereocenters. The van der Waals surface area contributed by atoms with Gasteiger partial charge in [0.2, 0.25) is 0 Å². The van der Waals surface area contributed by atoms with Gasteiger partial charge in [0, 0.05) is 10.9 Å². The van der Waals surface area contributed by atoms with E-state index >= 15 is 0 Å². The maximum Gasteiger partial charge on any atom is 0.187 e. The molecule has 49 heavy (non-hydrogen) atoms. The van der Waals surface area contributed by atoms with Crippen LogP contribution < -0.4 is 4.74 Å². The Kier molecular flexibility index (Phi) is 5.97. The van der Waals surface area contributed by atoms with Crippen LogP contribution in [0.2, 0.25) is 0 Å². The topological polar surface area (TPSA) is 13.6 Å². The first-order valence-corrected chi connectivity index (χ1v) is 16.6. The average Bonchev–Trinajstić information content (AvgIpc) is 3.17. The van der Waals surface area contributed by atoms with Crippen molar-refractivity contribution in [2.75, 3.05) is 0 Å². The molecule has 0 saturated carbocycles. The summed E-state index contributed by atoms with van der Waals surface area (Å²) in [7, 11) is 0. The van der Waals surface area contributed by atoms with Crippen LogP contribution in [-0.4, -0.2) is 0 Å². The minimum atomic E-state index is 0.647. The lowest BCUT2D eigenvalue weighted by molar-refractivity contribution is 0.487. The Balaban J connectivity index is 1.24. The van der Waals surface area contributed by atoms with Crippen LogP contribution >= 0.6 is 0 Å². The minimum absolute atomic E-state index is 0.647. The molecule has 1 aliphatic rings. The smallest absolute Gasteiger partial charge is 0.187 e. The third-order valence-electron chi connectivity index (χ3n) is 10.1. The number of benzene rings is 9. The van der Waals surface area contributed by atoms with Crippen molar-refractivity contribution in [3.63, 3.8) is 0 Å². The summed E-state index contributed by atoms with van der Waals surface area (Å²) in [6, 6.07) is 58.1. The summed E-state index contributed by atoms with van der Waals surface area (Å²) in [5.41, 5.74) is 10.1. The van der Waals surface area contributed by atoms with Gasteiger partial charge in [-0.2, -0.15) is 0 Å². The normalized spacial score (nSPS) is 11.8. The first kappa shape index (κ1) is 27.4. The summed E-state index contributed by atoms with van der Waals surface area (Å²) < 4.78 is 6.43. The molecule has 9 aromatic rings. The van der Waals surface area contributed by atoms with Gasteiger partial charge in [0.25, 0.3) is 0 Å². The first-order valence-electron chi connectivity index (χ1n) is 16.6. The van der Waals surface area contributed by atoms with Crippen molar-refractivity contribution < 1.29 is 4.74 Å². The molecular formula is C47H27NO. The van der Waals surface area contributed by atoms with Gasteiger partial charge in [-0.05, 0) is 88.8 Å². The first-order chi connectivity index (χ1) is 24.3. The molecule has 0 spiro atoms. The summed E-state index contributed by atoms with van der Waals surface area (Å²) in [4.78, 5) is 3.63. The number of ether oxygens (including phenoxy) is 1. The van der Waals surface area contributed by atoms with E-state index in [0.717, 1.165) is 28.0 Å². The van der Waals surface area contributed by atoms with Crippen molar-refractivity contribution in [1.29, 1.82) is 0 Å². The SMILES string of the molecule is [C-]#[N+]c1ccc(-c2c3ccccc3c(-c3ccc(-c4ccc5c6c(cccc46)-c4ccccc4O5)c4ccccc34)c3ccccc23)cc1. The van der Waals surface area contributed by atoms with Crippen LogP contribution in [-0.2, 0) is 0 Å². The molecule has 1 aliphatic heterocycles. The molecule has 10 rings (SSSR count). The van der Waals surface area contributed by atoms with E-state index in [9.17, 15) is 0 Å².